The van der Waals surface area contributed by atoms with E-state index in [4.69, 9.17) is 11.6 Å². The molecule has 0 amide bonds. The maximum atomic E-state index is 5.79. The van der Waals surface area contributed by atoms with Gasteiger partial charge >= 0.3 is 0 Å². The molecule has 0 aliphatic rings. The smallest absolute Gasteiger partial charge is 0.194 e. The number of fused-ring (bicyclic) bond motifs is 1. The van der Waals surface area contributed by atoms with Gasteiger partial charge in [0.1, 0.15) is 10.8 Å². The van der Waals surface area contributed by atoms with Gasteiger partial charge in [-0.15, -0.1) is 11.3 Å². The average molecular weight is 237 g/mol. The minimum atomic E-state index is 0.387. The molecule has 3 aromatic heterocycles. The van der Waals surface area contributed by atoms with Gasteiger partial charge in [0.2, 0.25) is 0 Å². The molecule has 0 saturated heterocycles. The summed E-state index contributed by atoms with van der Waals surface area (Å²) >= 11 is 7.36. The van der Waals surface area contributed by atoms with Crippen LogP contribution in [0, 0.1) is 0 Å². The molecule has 3 rings (SSSR count). The van der Waals surface area contributed by atoms with Gasteiger partial charge in [-0.25, -0.2) is 9.97 Å². The number of hydrogen-bond acceptors (Lipinski definition) is 4. The molecule has 15 heavy (non-hydrogen) atoms. The van der Waals surface area contributed by atoms with E-state index in [1.54, 1.807) is 23.7 Å². The lowest BCUT2D eigenvalue weighted by molar-refractivity contribution is 1.15. The van der Waals surface area contributed by atoms with Crippen molar-refractivity contribution < 1.29 is 0 Å². The Morgan fingerprint density at radius 2 is 2.20 bits per heavy atom. The van der Waals surface area contributed by atoms with Crippen molar-refractivity contribution >= 4 is 27.9 Å². The predicted octanol–water partition coefficient (Wildman–Crippen LogP) is 2.51. The van der Waals surface area contributed by atoms with Crippen LogP contribution in [0.3, 0.4) is 0 Å². The Balaban J connectivity index is 2.26. The SMILES string of the molecule is Clc1cncc(-c2cnc3sccn23)n1. The van der Waals surface area contributed by atoms with Crippen molar-refractivity contribution in [2.75, 3.05) is 0 Å². The van der Waals surface area contributed by atoms with Crippen LogP contribution >= 0.6 is 22.9 Å². The fraction of sp³-hybridized carbons (Fsp3) is 0. The van der Waals surface area contributed by atoms with Gasteiger partial charge in [0.15, 0.2) is 4.96 Å². The van der Waals surface area contributed by atoms with Gasteiger partial charge in [-0.2, -0.15) is 0 Å². The minimum absolute atomic E-state index is 0.387. The fourth-order valence-corrected chi connectivity index (χ4v) is 2.22. The summed E-state index contributed by atoms with van der Waals surface area (Å²) in [5, 5.41) is 2.36. The molecule has 0 aliphatic carbocycles. The molecular weight excluding hydrogens is 232 g/mol. The number of hydrogen-bond donors (Lipinski definition) is 0. The number of rotatable bonds is 1. The summed E-state index contributed by atoms with van der Waals surface area (Å²) in [6, 6.07) is 0. The monoisotopic (exact) mass is 236 g/mol. The van der Waals surface area contributed by atoms with Crippen molar-refractivity contribution in [3.63, 3.8) is 0 Å². The first-order valence-electron chi connectivity index (χ1n) is 4.23. The van der Waals surface area contributed by atoms with Crippen LogP contribution in [0.2, 0.25) is 5.15 Å². The Kier molecular flexibility index (Phi) is 1.93. The van der Waals surface area contributed by atoms with Crippen LogP contribution in [0.25, 0.3) is 16.3 Å². The van der Waals surface area contributed by atoms with Crippen LogP contribution in [-0.2, 0) is 0 Å². The van der Waals surface area contributed by atoms with E-state index in [9.17, 15) is 0 Å². The van der Waals surface area contributed by atoms with Gasteiger partial charge < -0.3 is 0 Å². The van der Waals surface area contributed by atoms with Crippen LogP contribution < -0.4 is 0 Å². The first-order valence-corrected chi connectivity index (χ1v) is 5.49. The standard InChI is InChI=1S/C9H5ClN4S/c10-8-5-11-3-6(13-8)7-4-12-9-14(7)1-2-15-9/h1-5H. The average Bonchev–Trinajstić information content (AvgIpc) is 2.77. The molecule has 0 aliphatic heterocycles. The summed E-state index contributed by atoms with van der Waals surface area (Å²) in [6.45, 7) is 0. The van der Waals surface area contributed by atoms with Gasteiger partial charge in [0, 0.05) is 11.6 Å². The lowest BCUT2D eigenvalue weighted by Gasteiger charge is -1.97. The molecule has 3 aromatic rings. The molecule has 0 unspecified atom stereocenters. The molecule has 0 radical (unpaired) electrons. The number of aromatic nitrogens is 4. The molecule has 0 N–H and O–H groups in total. The van der Waals surface area contributed by atoms with E-state index in [0.29, 0.717) is 5.15 Å². The van der Waals surface area contributed by atoms with E-state index in [-0.39, 0.29) is 0 Å². The molecule has 0 fully saturated rings. The lowest BCUT2D eigenvalue weighted by atomic mass is 10.3. The largest absolute Gasteiger partial charge is 0.289 e. The fourth-order valence-electron chi connectivity index (χ4n) is 1.38. The van der Waals surface area contributed by atoms with Crippen molar-refractivity contribution in [2.45, 2.75) is 0 Å². The van der Waals surface area contributed by atoms with Crippen molar-refractivity contribution in [1.29, 1.82) is 0 Å². The highest BCUT2D eigenvalue weighted by Gasteiger charge is 2.08. The molecule has 3 heterocycles. The number of halogens is 1. The second-order valence-electron chi connectivity index (χ2n) is 2.93. The predicted molar refractivity (Wildman–Crippen MR) is 59.1 cm³/mol. The van der Waals surface area contributed by atoms with E-state index in [1.807, 2.05) is 16.0 Å². The Morgan fingerprint density at radius 3 is 3.07 bits per heavy atom. The number of nitrogens with zero attached hydrogens (tertiary/aromatic N) is 4. The Hall–Kier alpha value is -1.46. The molecule has 0 aromatic carbocycles. The highest BCUT2D eigenvalue weighted by molar-refractivity contribution is 7.15. The zero-order valence-electron chi connectivity index (χ0n) is 7.46. The second-order valence-corrected chi connectivity index (χ2v) is 4.19. The van der Waals surface area contributed by atoms with Crippen molar-refractivity contribution in [2.24, 2.45) is 0 Å². The third kappa shape index (κ3) is 1.40. The van der Waals surface area contributed by atoms with E-state index >= 15 is 0 Å². The Bertz CT molecular complexity index is 615. The van der Waals surface area contributed by atoms with Gasteiger partial charge in [-0.1, -0.05) is 11.6 Å². The molecule has 6 heteroatoms. The van der Waals surface area contributed by atoms with Crippen molar-refractivity contribution in [3.8, 4) is 11.4 Å². The third-order valence-electron chi connectivity index (χ3n) is 2.01. The molecular formula is C9H5ClN4S. The van der Waals surface area contributed by atoms with E-state index < -0.39 is 0 Å². The Labute approximate surface area is 94.2 Å². The zero-order chi connectivity index (χ0) is 10.3. The maximum absolute atomic E-state index is 5.79. The van der Waals surface area contributed by atoms with Crippen molar-refractivity contribution in [3.05, 3.63) is 35.3 Å². The summed E-state index contributed by atoms with van der Waals surface area (Å²) in [4.78, 5) is 13.4. The highest BCUT2D eigenvalue weighted by atomic mass is 35.5. The summed E-state index contributed by atoms with van der Waals surface area (Å²) in [5.41, 5.74) is 1.63. The van der Waals surface area contributed by atoms with Gasteiger partial charge in [0.05, 0.1) is 24.3 Å². The summed E-state index contributed by atoms with van der Waals surface area (Å²) in [7, 11) is 0. The van der Waals surface area contributed by atoms with E-state index in [0.717, 1.165) is 16.3 Å². The molecule has 0 spiro atoms. The topological polar surface area (TPSA) is 43.1 Å². The summed E-state index contributed by atoms with van der Waals surface area (Å²) in [6.07, 6.45) is 6.90. The zero-order valence-corrected chi connectivity index (χ0v) is 9.03. The van der Waals surface area contributed by atoms with Crippen LogP contribution in [0.1, 0.15) is 0 Å². The number of imidazole rings is 1. The minimum Gasteiger partial charge on any atom is -0.289 e. The summed E-state index contributed by atoms with van der Waals surface area (Å²) in [5.74, 6) is 0. The van der Waals surface area contributed by atoms with E-state index in [2.05, 4.69) is 15.0 Å². The van der Waals surface area contributed by atoms with Crippen LogP contribution in [0.15, 0.2) is 30.2 Å². The van der Waals surface area contributed by atoms with Gasteiger partial charge in [0.25, 0.3) is 0 Å². The van der Waals surface area contributed by atoms with Crippen LogP contribution in [0.4, 0.5) is 0 Å². The molecule has 0 atom stereocenters. The van der Waals surface area contributed by atoms with Gasteiger partial charge in [-0.05, 0) is 0 Å². The first kappa shape index (κ1) is 8.82. The molecule has 0 saturated carbocycles. The first-order chi connectivity index (χ1) is 7.34. The van der Waals surface area contributed by atoms with Crippen LogP contribution in [0.5, 0.6) is 0 Å². The number of thiazole rings is 1. The van der Waals surface area contributed by atoms with Gasteiger partial charge in [-0.3, -0.25) is 9.38 Å². The normalized spacial score (nSPS) is 11.0. The van der Waals surface area contributed by atoms with E-state index in [1.165, 1.54) is 6.20 Å². The maximum Gasteiger partial charge on any atom is 0.194 e. The highest BCUT2D eigenvalue weighted by Crippen LogP contribution is 2.21. The lowest BCUT2D eigenvalue weighted by Crippen LogP contribution is -1.89. The molecule has 4 nitrogen and oxygen atoms in total. The quantitative estimate of drug-likeness (QED) is 0.652. The Morgan fingerprint density at radius 1 is 1.27 bits per heavy atom. The molecule has 74 valence electrons. The third-order valence-corrected chi connectivity index (χ3v) is 2.97. The van der Waals surface area contributed by atoms with Crippen molar-refractivity contribution in [1.82, 2.24) is 19.4 Å². The molecule has 0 bridgehead atoms. The van der Waals surface area contributed by atoms with Crippen LogP contribution in [-0.4, -0.2) is 19.4 Å². The summed E-state index contributed by atoms with van der Waals surface area (Å²) < 4.78 is 1.96. The second kappa shape index (κ2) is 3.29.